The van der Waals surface area contributed by atoms with Crippen LogP contribution in [0.5, 0.6) is 11.5 Å². The Kier molecular flexibility index (Phi) is 4.17. The fourth-order valence-electron chi connectivity index (χ4n) is 1.75. The summed E-state index contributed by atoms with van der Waals surface area (Å²) in [5.41, 5.74) is 0. The van der Waals surface area contributed by atoms with Gasteiger partial charge in [-0.2, -0.15) is 0 Å². The molecule has 1 heterocycles. The van der Waals surface area contributed by atoms with Crippen LogP contribution in [0, 0.1) is 0 Å². The first-order valence-electron chi connectivity index (χ1n) is 6.20. The fourth-order valence-corrected chi connectivity index (χ4v) is 2.86. The Balaban J connectivity index is 2.19. The van der Waals surface area contributed by atoms with E-state index in [0.29, 0.717) is 24.7 Å². The number of hydrogen-bond acceptors (Lipinski definition) is 6. The SMILES string of the molecule is CC(C)OC(=O)CS(=O)(=O)c1ccc2c(c1)OCCO2. The van der Waals surface area contributed by atoms with Crippen molar-refractivity contribution in [1.29, 1.82) is 0 Å². The number of carbonyl (C=O) groups is 1. The summed E-state index contributed by atoms with van der Waals surface area (Å²) in [6, 6.07) is 4.28. The molecule has 0 saturated heterocycles. The van der Waals surface area contributed by atoms with Crippen molar-refractivity contribution in [1.82, 2.24) is 0 Å². The molecule has 0 spiro atoms. The molecule has 0 bridgehead atoms. The van der Waals surface area contributed by atoms with Gasteiger partial charge >= 0.3 is 5.97 Å². The van der Waals surface area contributed by atoms with Gasteiger partial charge in [0.2, 0.25) is 0 Å². The maximum absolute atomic E-state index is 12.1. The largest absolute Gasteiger partial charge is 0.486 e. The Morgan fingerprint density at radius 1 is 1.25 bits per heavy atom. The third-order valence-corrected chi connectivity index (χ3v) is 4.14. The van der Waals surface area contributed by atoms with Crippen molar-refractivity contribution >= 4 is 15.8 Å². The molecular weight excluding hydrogens is 284 g/mol. The van der Waals surface area contributed by atoms with Crippen molar-refractivity contribution in [3.63, 3.8) is 0 Å². The zero-order chi connectivity index (χ0) is 14.8. The molecule has 0 amide bonds. The molecule has 6 nitrogen and oxygen atoms in total. The Morgan fingerprint density at radius 3 is 2.55 bits per heavy atom. The maximum atomic E-state index is 12.1. The van der Waals surface area contributed by atoms with E-state index in [-0.39, 0.29) is 11.0 Å². The zero-order valence-corrected chi connectivity index (χ0v) is 12.1. The number of ether oxygens (including phenoxy) is 3. The number of hydrogen-bond donors (Lipinski definition) is 0. The van der Waals surface area contributed by atoms with E-state index in [9.17, 15) is 13.2 Å². The molecule has 20 heavy (non-hydrogen) atoms. The van der Waals surface area contributed by atoms with Crippen LogP contribution < -0.4 is 9.47 Å². The Labute approximate surface area is 117 Å². The first-order chi connectivity index (χ1) is 9.38. The third kappa shape index (κ3) is 3.41. The van der Waals surface area contributed by atoms with Gasteiger partial charge in [-0.1, -0.05) is 0 Å². The van der Waals surface area contributed by atoms with Crippen molar-refractivity contribution in [3.8, 4) is 11.5 Å². The smallest absolute Gasteiger partial charge is 0.321 e. The summed E-state index contributed by atoms with van der Waals surface area (Å²) in [6.45, 7) is 4.12. The number of carbonyl (C=O) groups excluding carboxylic acids is 1. The predicted octanol–water partition coefficient (Wildman–Crippen LogP) is 1.18. The quantitative estimate of drug-likeness (QED) is 0.777. The lowest BCUT2D eigenvalue weighted by Gasteiger charge is -2.18. The highest BCUT2D eigenvalue weighted by Gasteiger charge is 2.23. The van der Waals surface area contributed by atoms with Crippen molar-refractivity contribution in [2.75, 3.05) is 19.0 Å². The molecule has 1 aromatic rings. The van der Waals surface area contributed by atoms with Crippen LogP contribution in [0.25, 0.3) is 0 Å². The van der Waals surface area contributed by atoms with Gasteiger partial charge in [-0.25, -0.2) is 8.42 Å². The summed E-state index contributed by atoms with van der Waals surface area (Å²) < 4.78 is 39.7. The van der Waals surface area contributed by atoms with E-state index in [2.05, 4.69) is 0 Å². The van der Waals surface area contributed by atoms with E-state index >= 15 is 0 Å². The molecule has 1 aliphatic rings. The van der Waals surface area contributed by atoms with Crippen molar-refractivity contribution < 1.29 is 27.4 Å². The first-order valence-corrected chi connectivity index (χ1v) is 7.85. The van der Waals surface area contributed by atoms with E-state index < -0.39 is 21.6 Å². The highest BCUT2D eigenvalue weighted by Crippen LogP contribution is 2.32. The molecule has 0 saturated carbocycles. The minimum Gasteiger partial charge on any atom is -0.486 e. The molecule has 0 aromatic heterocycles. The van der Waals surface area contributed by atoms with Crippen LogP contribution >= 0.6 is 0 Å². The number of sulfone groups is 1. The number of fused-ring (bicyclic) bond motifs is 1. The Morgan fingerprint density at radius 2 is 1.90 bits per heavy atom. The van der Waals surface area contributed by atoms with Crippen LogP contribution in [0.1, 0.15) is 13.8 Å². The highest BCUT2D eigenvalue weighted by molar-refractivity contribution is 7.92. The average Bonchev–Trinajstić information content (AvgIpc) is 2.36. The maximum Gasteiger partial charge on any atom is 0.321 e. The van der Waals surface area contributed by atoms with Crippen LogP contribution in [-0.2, 0) is 19.4 Å². The summed E-state index contributed by atoms with van der Waals surface area (Å²) in [4.78, 5) is 11.5. The van der Waals surface area contributed by atoms with Gasteiger partial charge in [0.1, 0.15) is 13.2 Å². The second kappa shape index (κ2) is 5.70. The van der Waals surface area contributed by atoms with Gasteiger partial charge in [-0.05, 0) is 26.0 Å². The molecule has 7 heteroatoms. The van der Waals surface area contributed by atoms with Crippen LogP contribution in [0.3, 0.4) is 0 Å². The predicted molar refractivity (Wildman–Crippen MR) is 70.7 cm³/mol. The minimum atomic E-state index is -3.75. The molecule has 110 valence electrons. The summed E-state index contributed by atoms with van der Waals surface area (Å²) >= 11 is 0. The van der Waals surface area contributed by atoms with Gasteiger partial charge in [0.15, 0.2) is 27.1 Å². The van der Waals surface area contributed by atoms with Crippen LogP contribution in [0.15, 0.2) is 23.1 Å². The van der Waals surface area contributed by atoms with Crippen LogP contribution in [0.2, 0.25) is 0 Å². The molecule has 0 unspecified atom stereocenters. The lowest BCUT2D eigenvalue weighted by Crippen LogP contribution is -2.22. The summed E-state index contributed by atoms with van der Waals surface area (Å²) in [6.07, 6.45) is -0.349. The van der Waals surface area contributed by atoms with E-state index in [1.165, 1.54) is 18.2 Å². The van der Waals surface area contributed by atoms with Crippen molar-refractivity contribution in [3.05, 3.63) is 18.2 Å². The van der Waals surface area contributed by atoms with Crippen LogP contribution in [-0.4, -0.2) is 39.5 Å². The normalized spacial score (nSPS) is 14.2. The van der Waals surface area contributed by atoms with Crippen LogP contribution in [0.4, 0.5) is 0 Å². The summed E-state index contributed by atoms with van der Waals surface area (Å²) in [7, 11) is -3.75. The number of esters is 1. The van der Waals surface area contributed by atoms with Crippen molar-refractivity contribution in [2.45, 2.75) is 24.8 Å². The Hall–Kier alpha value is -1.76. The second-order valence-corrected chi connectivity index (χ2v) is 6.59. The minimum absolute atomic E-state index is 0.0162. The number of benzene rings is 1. The van der Waals surface area contributed by atoms with Gasteiger partial charge in [0.25, 0.3) is 0 Å². The molecule has 0 aliphatic carbocycles. The first kappa shape index (κ1) is 14.6. The molecule has 1 aromatic carbocycles. The molecule has 0 atom stereocenters. The van der Waals surface area contributed by atoms with Crippen molar-refractivity contribution in [2.24, 2.45) is 0 Å². The van der Waals surface area contributed by atoms with Gasteiger partial charge in [-0.3, -0.25) is 4.79 Å². The summed E-state index contributed by atoms with van der Waals surface area (Å²) in [5.74, 6) is -0.588. The monoisotopic (exact) mass is 300 g/mol. The van der Waals surface area contributed by atoms with E-state index in [4.69, 9.17) is 14.2 Å². The highest BCUT2D eigenvalue weighted by atomic mass is 32.2. The molecule has 0 N–H and O–H groups in total. The number of rotatable bonds is 4. The lowest BCUT2D eigenvalue weighted by atomic mass is 10.3. The molecule has 0 fully saturated rings. The standard InChI is InChI=1S/C13H16O6S/c1-9(2)19-13(14)8-20(15,16)10-3-4-11-12(7-10)18-6-5-17-11/h3-4,7,9H,5-6,8H2,1-2H3. The molecule has 0 radical (unpaired) electrons. The second-order valence-electron chi connectivity index (χ2n) is 4.60. The van der Waals surface area contributed by atoms with Gasteiger partial charge in [0.05, 0.1) is 11.0 Å². The summed E-state index contributed by atoms with van der Waals surface area (Å²) in [5, 5.41) is 0. The van der Waals surface area contributed by atoms with Gasteiger partial charge in [0, 0.05) is 6.07 Å². The lowest BCUT2D eigenvalue weighted by molar-refractivity contribution is -0.144. The van der Waals surface area contributed by atoms with E-state index in [1.54, 1.807) is 13.8 Å². The van der Waals surface area contributed by atoms with Gasteiger partial charge in [-0.15, -0.1) is 0 Å². The van der Waals surface area contributed by atoms with Gasteiger partial charge < -0.3 is 14.2 Å². The fraction of sp³-hybridized carbons (Fsp3) is 0.462. The molecule has 1 aliphatic heterocycles. The zero-order valence-electron chi connectivity index (χ0n) is 11.3. The molecular formula is C13H16O6S. The topological polar surface area (TPSA) is 78.9 Å². The average molecular weight is 300 g/mol. The molecule has 2 rings (SSSR count). The van der Waals surface area contributed by atoms with E-state index in [1.807, 2.05) is 0 Å². The third-order valence-electron chi connectivity index (χ3n) is 2.55. The van der Waals surface area contributed by atoms with E-state index in [0.717, 1.165) is 0 Å². The Bertz CT molecular complexity index is 605.